The lowest BCUT2D eigenvalue weighted by atomic mass is 9.89. The monoisotopic (exact) mass is 470 g/mol. The van der Waals surface area contributed by atoms with Crippen LogP contribution < -0.4 is 0 Å². The third-order valence-electron chi connectivity index (χ3n) is 6.09. The van der Waals surface area contributed by atoms with Gasteiger partial charge in [-0.1, -0.05) is 27.4 Å². The van der Waals surface area contributed by atoms with Gasteiger partial charge in [-0.25, -0.2) is 8.77 Å². The molecule has 8 nitrogen and oxygen atoms in total. The van der Waals surface area contributed by atoms with Crippen molar-refractivity contribution in [3.8, 4) is 11.8 Å². The minimum Gasteiger partial charge on any atom is -0.494 e. The number of likely N-dealkylation sites (tertiary alicyclic amines) is 1. The van der Waals surface area contributed by atoms with Crippen LogP contribution >= 0.6 is 11.9 Å². The largest absolute Gasteiger partial charge is 0.494 e. The molecule has 174 valence electrons. The van der Waals surface area contributed by atoms with Gasteiger partial charge in [0.2, 0.25) is 17.7 Å². The fourth-order valence-corrected chi connectivity index (χ4v) is 6.11. The molecule has 1 aromatic heterocycles. The molecule has 0 radical (unpaired) electrons. The van der Waals surface area contributed by atoms with Gasteiger partial charge in [0.15, 0.2) is 14.4 Å². The summed E-state index contributed by atoms with van der Waals surface area (Å²) in [5.74, 6) is -1.75. The summed E-state index contributed by atoms with van der Waals surface area (Å²) in [6.45, 7) is 18.0. The Labute approximate surface area is 189 Å². The van der Waals surface area contributed by atoms with Gasteiger partial charge in [-0.2, -0.15) is 0 Å². The quantitative estimate of drug-likeness (QED) is 0.258. The molecule has 31 heavy (non-hydrogen) atoms. The number of hydrogen-bond donors (Lipinski definition) is 2. The molecule has 1 amide bonds. The summed E-state index contributed by atoms with van der Waals surface area (Å²) in [5.41, 5.74) is 0.461. The Hall–Kier alpha value is -1.91. The van der Waals surface area contributed by atoms with Gasteiger partial charge in [0.05, 0.1) is 19.1 Å². The van der Waals surface area contributed by atoms with Crippen LogP contribution in [0.5, 0.6) is 11.8 Å². The van der Waals surface area contributed by atoms with E-state index < -0.39 is 37.7 Å². The van der Waals surface area contributed by atoms with Crippen LogP contribution in [-0.4, -0.2) is 63.9 Å². The number of ether oxygens (including phenoxy) is 1. The van der Waals surface area contributed by atoms with E-state index >= 15 is 0 Å². The number of carbonyl (C=O) groups is 2. The maximum atomic E-state index is 13.3. The summed E-state index contributed by atoms with van der Waals surface area (Å²) in [6.07, 6.45) is -0.426. The zero-order valence-electron chi connectivity index (χ0n) is 19.5. The zero-order chi connectivity index (χ0) is 23.9. The Balaban J connectivity index is 2.42. The molecular weight excluding hydrogens is 436 g/mol. The Bertz CT molecular complexity index is 843. The van der Waals surface area contributed by atoms with Crippen molar-refractivity contribution < 1.29 is 29.0 Å². The maximum Gasteiger partial charge on any atom is 0.332 e. The number of rotatable bonds is 8. The molecule has 0 bridgehead atoms. The van der Waals surface area contributed by atoms with Gasteiger partial charge in [0, 0.05) is 12.1 Å². The van der Waals surface area contributed by atoms with Crippen LogP contribution in [0.2, 0.25) is 18.1 Å². The summed E-state index contributed by atoms with van der Waals surface area (Å²) in [5, 5.41) is 19.6. The molecule has 2 N–H and O–H groups in total. The molecule has 1 aliphatic heterocycles. The molecule has 1 saturated heterocycles. The maximum absolute atomic E-state index is 13.3. The number of hydrogen-bond acceptors (Lipinski definition) is 7. The molecule has 0 aliphatic carbocycles. The molecule has 1 aliphatic rings. The van der Waals surface area contributed by atoms with E-state index in [9.17, 15) is 19.8 Å². The lowest BCUT2D eigenvalue weighted by Gasteiger charge is -2.52. The molecule has 1 aromatic rings. The van der Waals surface area contributed by atoms with Gasteiger partial charge in [-0.15, -0.1) is 0 Å². The first kappa shape index (κ1) is 25.3. The Morgan fingerprint density at radius 3 is 2.19 bits per heavy atom. The van der Waals surface area contributed by atoms with Crippen molar-refractivity contribution in [2.24, 2.45) is 5.92 Å². The van der Waals surface area contributed by atoms with E-state index in [4.69, 9.17) is 9.16 Å². The Morgan fingerprint density at radius 1 is 1.26 bits per heavy atom. The third-order valence-corrected chi connectivity index (χ3v) is 12.0. The first-order chi connectivity index (χ1) is 14.1. The Kier molecular flexibility index (Phi) is 7.29. The zero-order valence-corrected chi connectivity index (χ0v) is 21.3. The standard InChI is InChI=1S/C21H34N2O6SSi/c1-12(2)17(20(27)28-7)22-18(26)16(13(3)29-31(8,9)21(4,5)6)19(22)30-23-14(24)10-11-15(23)25/h10-11,13,16-17,19,24-25H,1H2,2-9H3/t13-,16+,17?,19-/m1/s1. The van der Waals surface area contributed by atoms with Crippen LogP contribution in [0.1, 0.15) is 34.6 Å². The average molecular weight is 471 g/mol. The van der Waals surface area contributed by atoms with Crippen LogP contribution in [0, 0.1) is 5.92 Å². The van der Waals surface area contributed by atoms with Crippen LogP contribution in [0.4, 0.5) is 0 Å². The van der Waals surface area contributed by atoms with E-state index in [1.807, 2.05) is 6.92 Å². The minimum absolute atomic E-state index is 0.0421. The predicted octanol–water partition coefficient (Wildman–Crippen LogP) is 3.71. The molecule has 2 rings (SSSR count). The second-order valence-corrected chi connectivity index (χ2v) is 15.3. The van der Waals surface area contributed by atoms with E-state index in [-0.39, 0.29) is 22.7 Å². The van der Waals surface area contributed by atoms with E-state index in [0.717, 1.165) is 11.9 Å². The van der Waals surface area contributed by atoms with E-state index in [2.05, 4.69) is 40.4 Å². The normalized spacial score (nSPS) is 21.4. The number of aromatic hydroxyl groups is 2. The number of aromatic nitrogens is 1. The van der Waals surface area contributed by atoms with Crippen molar-refractivity contribution in [2.45, 2.75) is 70.3 Å². The molecule has 0 spiro atoms. The lowest BCUT2D eigenvalue weighted by Crippen LogP contribution is -2.68. The fourth-order valence-electron chi connectivity index (χ4n) is 3.33. The smallest absolute Gasteiger partial charge is 0.332 e. The van der Waals surface area contributed by atoms with Crippen molar-refractivity contribution in [1.82, 2.24) is 8.87 Å². The summed E-state index contributed by atoms with van der Waals surface area (Å²) in [4.78, 5) is 27.1. The number of β-lactam (4-membered cyclic amide) rings is 1. The van der Waals surface area contributed by atoms with Crippen LogP contribution in [0.25, 0.3) is 0 Å². The highest BCUT2D eigenvalue weighted by atomic mass is 32.2. The minimum atomic E-state index is -2.17. The number of carbonyl (C=O) groups excluding carboxylic acids is 2. The van der Waals surface area contributed by atoms with E-state index in [1.54, 1.807) is 6.92 Å². The molecular formula is C21H34N2O6SSi. The third kappa shape index (κ3) is 4.80. The molecule has 10 heteroatoms. The highest BCUT2D eigenvalue weighted by molar-refractivity contribution is 7.98. The highest BCUT2D eigenvalue weighted by Crippen LogP contribution is 2.46. The van der Waals surface area contributed by atoms with Crippen molar-refractivity contribution in [2.75, 3.05) is 7.11 Å². The van der Waals surface area contributed by atoms with Crippen molar-refractivity contribution in [3.63, 3.8) is 0 Å². The second-order valence-electron chi connectivity index (χ2n) is 9.47. The number of esters is 1. The second kappa shape index (κ2) is 8.91. The molecule has 0 aromatic carbocycles. The van der Waals surface area contributed by atoms with Crippen molar-refractivity contribution in [1.29, 1.82) is 0 Å². The van der Waals surface area contributed by atoms with Crippen LogP contribution in [0.15, 0.2) is 24.3 Å². The van der Waals surface area contributed by atoms with E-state index in [1.165, 1.54) is 28.1 Å². The van der Waals surface area contributed by atoms with Crippen molar-refractivity contribution in [3.05, 3.63) is 24.3 Å². The SMILES string of the molecule is C=C(C)C(C(=O)OC)N1C(=O)[C@H]([C@@H](C)O[Si](C)(C)C(C)(C)C)[C@H]1Sn1c(O)ccc1O. The summed E-state index contributed by atoms with van der Waals surface area (Å²) in [7, 11) is -0.909. The van der Waals surface area contributed by atoms with Crippen molar-refractivity contribution >= 4 is 32.1 Å². The van der Waals surface area contributed by atoms with Gasteiger partial charge in [-0.05, 0) is 49.5 Å². The Morgan fingerprint density at radius 2 is 1.77 bits per heavy atom. The van der Waals surface area contributed by atoms with Crippen LogP contribution in [-0.2, 0) is 18.8 Å². The molecule has 0 saturated carbocycles. The van der Waals surface area contributed by atoms with Gasteiger partial charge in [0.1, 0.15) is 5.37 Å². The molecule has 2 heterocycles. The van der Waals surface area contributed by atoms with Gasteiger partial charge in [0.25, 0.3) is 0 Å². The molecule has 1 fully saturated rings. The molecule has 1 unspecified atom stereocenters. The average Bonchev–Trinajstić information content (AvgIpc) is 2.95. The highest BCUT2D eigenvalue weighted by Gasteiger charge is 2.57. The van der Waals surface area contributed by atoms with Gasteiger partial charge in [-0.3, -0.25) is 4.79 Å². The first-order valence-corrected chi connectivity index (χ1v) is 13.9. The van der Waals surface area contributed by atoms with E-state index in [0.29, 0.717) is 5.57 Å². The summed E-state index contributed by atoms with van der Waals surface area (Å²) < 4.78 is 12.6. The summed E-state index contributed by atoms with van der Waals surface area (Å²) in [6, 6.07) is 1.74. The van der Waals surface area contributed by atoms with Gasteiger partial charge >= 0.3 is 5.97 Å². The van der Waals surface area contributed by atoms with Gasteiger partial charge < -0.3 is 24.3 Å². The molecule has 4 atom stereocenters. The lowest BCUT2D eigenvalue weighted by molar-refractivity contribution is -0.168. The number of nitrogens with zero attached hydrogens (tertiary/aromatic N) is 2. The summed E-state index contributed by atoms with van der Waals surface area (Å²) >= 11 is 1.05. The first-order valence-electron chi connectivity index (χ1n) is 10.1. The predicted molar refractivity (Wildman–Crippen MR) is 123 cm³/mol. The van der Waals surface area contributed by atoms with Crippen LogP contribution in [0.3, 0.4) is 0 Å². The number of methoxy groups -OCH3 is 1. The fraction of sp³-hybridized carbons (Fsp3) is 0.619. The topological polar surface area (TPSA) is 101 Å². The number of amides is 1.